The molecule has 0 fully saturated rings. The zero-order chi connectivity index (χ0) is 12.1. The van der Waals surface area contributed by atoms with E-state index in [2.05, 4.69) is 54.9 Å². The summed E-state index contributed by atoms with van der Waals surface area (Å²) in [5, 5.41) is 7.97. The van der Waals surface area contributed by atoms with Gasteiger partial charge in [0.05, 0.1) is 17.4 Å². The van der Waals surface area contributed by atoms with Gasteiger partial charge >= 0.3 is 0 Å². The largest absolute Gasteiger partial charge is 0.306 e. The molecule has 0 saturated carbocycles. The number of hydrogen-bond acceptors (Lipinski definition) is 2. The molecular formula is C13H23N3. The van der Waals surface area contributed by atoms with Crippen LogP contribution in [-0.4, -0.2) is 16.3 Å². The van der Waals surface area contributed by atoms with Gasteiger partial charge in [0.15, 0.2) is 0 Å². The third-order valence-electron chi connectivity index (χ3n) is 2.48. The fourth-order valence-electron chi connectivity index (χ4n) is 1.87. The van der Waals surface area contributed by atoms with Crippen LogP contribution in [0.25, 0.3) is 0 Å². The van der Waals surface area contributed by atoms with E-state index in [1.165, 1.54) is 11.3 Å². The van der Waals surface area contributed by atoms with Crippen molar-refractivity contribution in [2.24, 2.45) is 0 Å². The quantitative estimate of drug-likeness (QED) is 0.775. The molecule has 1 N–H and O–H groups in total. The molecule has 1 atom stereocenters. The molecule has 3 nitrogen and oxygen atoms in total. The highest BCUT2D eigenvalue weighted by Gasteiger charge is 2.13. The molecule has 1 heterocycles. The van der Waals surface area contributed by atoms with Gasteiger partial charge in [0, 0.05) is 6.54 Å². The second-order valence-electron chi connectivity index (χ2n) is 4.31. The summed E-state index contributed by atoms with van der Waals surface area (Å²) in [6.45, 7) is 12.4. The Balaban J connectivity index is 3.04. The standard InChI is InChI=1S/C13H23N3/c1-6-14-12(8-10(3)4)13-9-11(5)15-16(13)7-2/h8-9,12,14H,6-7H2,1-5H3. The van der Waals surface area contributed by atoms with Crippen LogP contribution >= 0.6 is 0 Å². The average molecular weight is 221 g/mol. The maximum atomic E-state index is 4.49. The van der Waals surface area contributed by atoms with Crippen LogP contribution in [0.4, 0.5) is 0 Å². The van der Waals surface area contributed by atoms with E-state index in [1.54, 1.807) is 0 Å². The van der Waals surface area contributed by atoms with Gasteiger partial charge in [0.1, 0.15) is 0 Å². The summed E-state index contributed by atoms with van der Waals surface area (Å²) in [5.74, 6) is 0. The van der Waals surface area contributed by atoms with Crippen LogP contribution in [0, 0.1) is 6.92 Å². The van der Waals surface area contributed by atoms with Crippen molar-refractivity contribution < 1.29 is 0 Å². The summed E-state index contributed by atoms with van der Waals surface area (Å²) < 4.78 is 2.07. The third-order valence-corrected chi connectivity index (χ3v) is 2.48. The van der Waals surface area contributed by atoms with Crippen molar-refractivity contribution in [1.82, 2.24) is 15.1 Å². The van der Waals surface area contributed by atoms with Gasteiger partial charge in [0.2, 0.25) is 0 Å². The lowest BCUT2D eigenvalue weighted by Crippen LogP contribution is -2.22. The Morgan fingerprint density at radius 1 is 1.50 bits per heavy atom. The van der Waals surface area contributed by atoms with E-state index in [0.717, 1.165) is 18.8 Å². The molecule has 0 bridgehead atoms. The molecule has 1 rings (SSSR count). The van der Waals surface area contributed by atoms with Crippen LogP contribution in [-0.2, 0) is 6.54 Å². The Labute approximate surface area is 98.5 Å². The molecule has 0 aliphatic heterocycles. The summed E-state index contributed by atoms with van der Waals surface area (Å²) in [7, 11) is 0. The first kappa shape index (κ1) is 13.0. The van der Waals surface area contributed by atoms with E-state index >= 15 is 0 Å². The maximum Gasteiger partial charge on any atom is 0.0680 e. The van der Waals surface area contributed by atoms with Crippen molar-refractivity contribution in [2.45, 2.75) is 47.2 Å². The lowest BCUT2D eigenvalue weighted by molar-refractivity contribution is 0.549. The predicted molar refractivity (Wildman–Crippen MR) is 68.5 cm³/mol. The Morgan fingerprint density at radius 3 is 2.69 bits per heavy atom. The molecule has 16 heavy (non-hydrogen) atoms. The van der Waals surface area contributed by atoms with Crippen molar-refractivity contribution >= 4 is 0 Å². The van der Waals surface area contributed by atoms with E-state index in [9.17, 15) is 0 Å². The van der Waals surface area contributed by atoms with Crippen molar-refractivity contribution in [3.05, 3.63) is 29.1 Å². The number of rotatable bonds is 5. The Hall–Kier alpha value is -1.09. The molecule has 0 aliphatic carbocycles. The van der Waals surface area contributed by atoms with E-state index in [-0.39, 0.29) is 6.04 Å². The minimum Gasteiger partial charge on any atom is -0.306 e. The van der Waals surface area contributed by atoms with Gasteiger partial charge in [-0.25, -0.2) is 0 Å². The van der Waals surface area contributed by atoms with Crippen molar-refractivity contribution in [1.29, 1.82) is 0 Å². The zero-order valence-corrected chi connectivity index (χ0v) is 11.0. The first-order valence-electron chi connectivity index (χ1n) is 6.01. The summed E-state index contributed by atoms with van der Waals surface area (Å²) in [6, 6.07) is 2.44. The normalized spacial score (nSPS) is 12.6. The van der Waals surface area contributed by atoms with Gasteiger partial charge in [0.25, 0.3) is 0 Å². The fourth-order valence-corrected chi connectivity index (χ4v) is 1.87. The maximum absolute atomic E-state index is 4.49. The number of hydrogen-bond donors (Lipinski definition) is 1. The molecule has 0 amide bonds. The first-order chi connectivity index (χ1) is 7.58. The molecule has 0 radical (unpaired) electrons. The Bertz CT molecular complexity index is 359. The highest BCUT2D eigenvalue weighted by Crippen LogP contribution is 2.17. The molecule has 1 aromatic rings. The van der Waals surface area contributed by atoms with E-state index < -0.39 is 0 Å². The van der Waals surface area contributed by atoms with Crippen molar-refractivity contribution in [2.75, 3.05) is 6.54 Å². The molecular weight excluding hydrogens is 198 g/mol. The number of likely N-dealkylation sites (N-methyl/N-ethyl adjacent to an activating group) is 1. The minimum atomic E-state index is 0.274. The number of nitrogens with zero attached hydrogens (tertiary/aromatic N) is 2. The molecule has 0 saturated heterocycles. The van der Waals surface area contributed by atoms with Crippen LogP contribution in [0.5, 0.6) is 0 Å². The lowest BCUT2D eigenvalue weighted by Gasteiger charge is -2.16. The van der Waals surface area contributed by atoms with Crippen molar-refractivity contribution in [3.63, 3.8) is 0 Å². The molecule has 0 aliphatic rings. The summed E-state index contributed by atoms with van der Waals surface area (Å²) in [6.07, 6.45) is 2.26. The van der Waals surface area contributed by atoms with Gasteiger partial charge in [-0.15, -0.1) is 0 Å². The van der Waals surface area contributed by atoms with Crippen molar-refractivity contribution in [3.8, 4) is 0 Å². The number of aryl methyl sites for hydroxylation is 2. The molecule has 3 heteroatoms. The monoisotopic (exact) mass is 221 g/mol. The van der Waals surface area contributed by atoms with Gasteiger partial charge in [-0.1, -0.05) is 18.6 Å². The Morgan fingerprint density at radius 2 is 2.19 bits per heavy atom. The second-order valence-corrected chi connectivity index (χ2v) is 4.31. The van der Waals surface area contributed by atoms with Crippen LogP contribution in [0.15, 0.2) is 17.7 Å². The predicted octanol–water partition coefficient (Wildman–Crippen LogP) is 2.83. The van der Waals surface area contributed by atoms with Gasteiger partial charge < -0.3 is 5.32 Å². The van der Waals surface area contributed by atoms with Crippen LogP contribution in [0.1, 0.15) is 45.1 Å². The summed E-state index contributed by atoms with van der Waals surface area (Å²) in [4.78, 5) is 0. The SMILES string of the molecule is CCNC(C=C(C)C)c1cc(C)nn1CC. The molecule has 1 aromatic heterocycles. The van der Waals surface area contributed by atoms with Crippen LogP contribution in [0.3, 0.4) is 0 Å². The second kappa shape index (κ2) is 5.85. The minimum absolute atomic E-state index is 0.274. The smallest absolute Gasteiger partial charge is 0.0680 e. The topological polar surface area (TPSA) is 29.9 Å². The molecule has 0 spiro atoms. The number of allylic oxidation sites excluding steroid dienone is 1. The molecule has 0 aromatic carbocycles. The van der Waals surface area contributed by atoms with Gasteiger partial charge in [-0.2, -0.15) is 5.10 Å². The van der Waals surface area contributed by atoms with E-state index in [4.69, 9.17) is 0 Å². The lowest BCUT2D eigenvalue weighted by atomic mass is 10.1. The number of aromatic nitrogens is 2. The highest BCUT2D eigenvalue weighted by atomic mass is 15.3. The average Bonchev–Trinajstić information content (AvgIpc) is 2.58. The van der Waals surface area contributed by atoms with Crippen LogP contribution in [0.2, 0.25) is 0 Å². The molecule has 1 unspecified atom stereocenters. The number of nitrogens with one attached hydrogen (secondary N) is 1. The fraction of sp³-hybridized carbons (Fsp3) is 0.615. The third kappa shape index (κ3) is 3.20. The Kier molecular flexibility index (Phi) is 4.74. The van der Waals surface area contributed by atoms with Gasteiger partial charge in [-0.05, 0) is 40.3 Å². The first-order valence-corrected chi connectivity index (χ1v) is 6.01. The summed E-state index contributed by atoms with van der Waals surface area (Å²) in [5.41, 5.74) is 3.66. The highest BCUT2D eigenvalue weighted by molar-refractivity contribution is 5.19. The van der Waals surface area contributed by atoms with Gasteiger partial charge in [-0.3, -0.25) is 4.68 Å². The zero-order valence-electron chi connectivity index (χ0n) is 11.0. The van der Waals surface area contributed by atoms with Crippen LogP contribution < -0.4 is 5.32 Å². The van der Waals surface area contributed by atoms with E-state index in [1.807, 2.05) is 6.92 Å². The van der Waals surface area contributed by atoms with E-state index in [0.29, 0.717) is 0 Å². The summed E-state index contributed by atoms with van der Waals surface area (Å²) >= 11 is 0. The molecule has 90 valence electrons.